The van der Waals surface area contributed by atoms with Crippen molar-refractivity contribution in [1.82, 2.24) is 4.31 Å². The molecular formula is C21H24ClN3O4S2. The summed E-state index contributed by atoms with van der Waals surface area (Å²) in [5.41, 5.74) is 1.83. The molecule has 1 aliphatic heterocycles. The molecule has 31 heavy (non-hydrogen) atoms. The first kappa shape index (κ1) is 23.6. The Bertz CT molecular complexity index is 1120. The third-order valence-corrected chi connectivity index (χ3v) is 8.32. The fourth-order valence-electron chi connectivity index (χ4n) is 3.28. The molecule has 166 valence electrons. The monoisotopic (exact) mass is 481 g/mol. The van der Waals surface area contributed by atoms with Crippen LogP contribution in [0.5, 0.6) is 0 Å². The molecule has 3 rings (SSSR count). The van der Waals surface area contributed by atoms with Crippen LogP contribution in [0.4, 0.5) is 11.4 Å². The van der Waals surface area contributed by atoms with Crippen molar-refractivity contribution in [2.24, 2.45) is 0 Å². The van der Waals surface area contributed by atoms with E-state index in [0.717, 1.165) is 10.5 Å². The first-order valence-electron chi connectivity index (χ1n) is 9.80. The molecule has 7 nitrogen and oxygen atoms in total. The van der Waals surface area contributed by atoms with Gasteiger partial charge >= 0.3 is 0 Å². The van der Waals surface area contributed by atoms with Crippen LogP contribution in [-0.2, 0) is 19.6 Å². The summed E-state index contributed by atoms with van der Waals surface area (Å²) in [4.78, 5) is 27.4. The van der Waals surface area contributed by atoms with Crippen molar-refractivity contribution in [2.45, 2.75) is 30.6 Å². The van der Waals surface area contributed by atoms with Gasteiger partial charge in [0.15, 0.2) is 0 Å². The zero-order chi connectivity index (χ0) is 22.8. The quantitative estimate of drug-likeness (QED) is 0.650. The number of nitrogens with zero attached hydrogens (tertiary/aromatic N) is 2. The van der Waals surface area contributed by atoms with Gasteiger partial charge < -0.3 is 10.2 Å². The van der Waals surface area contributed by atoms with Crippen LogP contribution in [0, 0.1) is 6.92 Å². The topological polar surface area (TPSA) is 86.8 Å². The summed E-state index contributed by atoms with van der Waals surface area (Å²) in [6, 6.07) is 9.96. The fraction of sp³-hybridized carbons (Fsp3) is 0.333. The minimum atomic E-state index is -3.69. The zero-order valence-electron chi connectivity index (χ0n) is 17.5. The van der Waals surface area contributed by atoms with Crippen molar-refractivity contribution in [3.05, 3.63) is 47.0 Å². The Kier molecular flexibility index (Phi) is 7.31. The zero-order valence-corrected chi connectivity index (χ0v) is 19.9. The van der Waals surface area contributed by atoms with E-state index in [1.54, 1.807) is 38.1 Å². The number of nitrogens with one attached hydrogen (secondary N) is 1. The maximum atomic E-state index is 12.9. The lowest BCUT2D eigenvalue weighted by molar-refractivity contribution is -0.120. The molecule has 0 saturated heterocycles. The van der Waals surface area contributed by atoms with E-state index in [1.807, 2.05) is 13.0 Å². The molecule has 1 heterocycles. The lowest BCUT2D eigenvalue weighted by Crippen LogP contribution is -2.41. The number of carbonyl (C=O) groups excluding carboxylic acids is 2. The van der Waals surface area contributed by atoms with Gasteiger partial charge in [-0.15, -0.1) is 11.8 Å². The van der Waals surface area contributed by atoms with Crippen molar-refractivity contribution in [3.63, 3.8) is 0 Å². The Morgan fingerprint density at radius 1 is 1.19 bits per heavy atom. The molecule has 2 aromatic rings. The first-order chi connectivity index (χ1) is 14.7. The lowest BCUT2D eigenvalue weighted by Gasteiger charge is -2.29. The minimum absolute atomic E-state index is 0.0947. The summed E-state index contributed by atoms with van der Waals surface area (Å²) >= 11 is 7.51. The summed E-state index contributed by atoms with van der Waals surface area (Å²) in [5.74, 6) is -0.512. The third kappa shape index (κ3) is 5.06. The average molecular weight is 482 g/mol. The Morgan fingerprint density at radius 2 is 1.90 bits per heavy atom. The molecule has 2 amide bonds. The molecule has 0 fully saturated rings. The standard InChI is InChI=1S/C21H24ClN3O4S2/c1-4-24(5-2)31(28,29)15-7-9-19-18(11-15)25(21(27)13-30-19)12-20(26)23-17-8-6-14(3)10-16(17)22/h6-11H,4-5,12-13H2,1-3H3,(H,23,26). The maximum Gasteiger partial charge on any atom is 0.244 e. The minimum Gasteiger partial charge on any atom is -0.323 e. The Balaban J connectivity index is 1.89. The second kappa shape index (κ2) is 9.60. The summed E-state index contributed by atoms with van der Waals surface area (Å²) in [5, 5.41) is 3.12. The van der Waals surface area contributed by atoms with Crippen LogP contribution >= 0.6 is 23.4 Å². The highest BCUT2D eigenvalue weighted by Gasteiger charge is 2.30. The van der Waals surface area contributed by atoms with Gasteiger partial charge in [0, 0.05) is 18.0 Å². The molecule has 0 unspecified atom stereocenters. The van der Waals surface area contributed by atoms with E-state index >= 15 is 0 Å². The molecule has 0 bridgehead atoms. The number of amides is 2. The molecule has 1 N–H and O–H groups in total. The number of anilines is 2. The normalized spacial score (nSPS) is 14.0. The Morgan fingerprint density at radius 3 is 2.55 bits per heavy atom. The van der Waals surface area contributed by atoms with Gasteiger partial charge in [0.2, 0.25) is 21.8 Å². The van der Waals surface area contributed by atoms with Gasteiger partial charge in [-0.1, -0.05) is 31.5 Å². The first-order valence-corrected chi connectivity index (χ1v) is 12.6. The number of hydrogen-bond donors (Lipinski definition) is 1. The average Bonchev–Trinajstić information content (AvgIpc) is 2.72. The van der Waals surface area contributed by atoms with Crippen molar-refractivity contribution in [3.8, 4) is 0 Å². The van der Waals surface area contributed by atoms with Crippen LogP contribution in [0.2, 0.25) is 5.02 Å². The van der Waals surface area contributed by atoms with Gasteiger partial charge in [0.1, 0.15) is 6.54 Å². The van der Waals surface area contributed by atoms with Gasteiger partial charge in [0.05, 0.1) is 27.0 Å². The van der Waals surface area contributed by atoms with E-state index in [-0.39, 0.29) is 23.1 Å². The van der Waals surface area contributed by atoms with Gasteiger partial charge in [-0.3, -0.25) is 9.59 Å². The van der Waals surface area contributed by atoms with Crippen LogP contribution in [0.15, 0.2) is 46.2 Å². The predicted octanol–water partition coefficient (Wildman–Crippen LogP) is 3.76. The molecule has 0 spiro atoms. The number of rotatable bonds is 7. The molecule has 2 aromatic carbocycles. The van der Waals surface area contributed by atoms with Crippen molar-refractivity contribution in [2.75, 3.05) is 35.6 Å². The van der Waals surface area contributed by atoms with Crippen molar-refractivity contribution < 1.29 is 18.0 Å². The molecule has 0 atom stereocenters. The molecule has 0 aliphatic carbocycles. The van der Waals surface area contributed by atoms with Crippen LogP contribution in [0.1, 0.15) is 19.4 Å². The molecule has 0 radical (unpaired) electrons. The Labute approximate surface area is 191 Å². The van der Waals surface area contributed by atoms with E-state index in [1.165, 1.54) is 27.0 Å². The van der Waals surface area contributed by atoms with E-state index < -0.39 is 15.9 Å². The molecule has 0 aromatic heterocycles. The predicted molar refractivity (Wildman–Crippen MR) is 124 cm³/mol. The number of hydrogen-bond acceptors (Lipinski definition) is 5. The SMILES string of the molecule is CCN(CC)S(=O)(=O)c1ccc2c(c1)N(CC(=O)Nc1ccc(C)cc1Cl)C(=O)CS2. The van der Waals surface area contributed by atoms with Crippen LogP contribution in [-0.4, -0.2) is 49.9 Å². The van der Waals surface area contributed by atoms with Gasteiger partial charge in [0.25, 0.3) is 0 Å². The molecular weight excluding hydrogens is 458 g/mol. The van der Waals surface area contributed by atoms with E-state index in [9.17, 15) is 18.0 Å². The summed E-state index contributed by atoms with van der Waals surface area (Å²) in [7, 11) is -3.69. The second-order valence-corrected chi connectivity index (χ2v) is 10.4. The number of sulfonamides is 1. The number of fused-ring (bicyclic) bond motifs is 1. The number of halogens is 1. The number of aryl methyl sites for hydroxylation is 1. The largest absolute Gasteiger partial charge is 0.323 e. The van der Waals surface area contributed by atoms with Crippen molar-refractivity contribution in [1.29, 1.82) is 0 Å². The number of benzene rings is 2. The number of carbonyl (C=O) groups is 2. The summed E-state index contributed by atoms with van der Waals surface area (Å²) < 4.78 is 27.2. The number of thioether (sulfide) groups is 1. The smallest absolute Gasteiger partial charge is 0.244 e. The van der Waals surface area contributed by atoms with Crippen molar-refractivity contribution >= 4 is 56.6 Å². The van der Waals surface area contributed by atoms with Crippen LogP contribution in [0.25, 0.3) is 0 Å². The van der Waals surface area contributed by atoms with E-state index in [0.29, 0.717) is 29.5 Å². The highest BCUT2D eigenvalue weighted by atomic mass is 35.5. The Hall–Kier alpha value is -2.07. The third-order valence-electron chi connectivity index (χ3n) is 4.92. The molecule has 10 heteroatoms. The molecule has 1 aliphatic rings. The summed E-state index contributed by atoms with van der Waals surface area (Å²) in [6.45, 7) is 5.87. The highest BCUT2D eigenvalue weighted by Crippen LogP contribution is 2.37. The lowest BCUT2D eigenvalue weighted by atomic mass is 10.2. The van der Waals surface area contributed by atoms with E-state index in [2.05, 4.69) is 5.32 Å². The fourth-order valence-corrected chi connectivity index (χ4v) is 5.96. The van der Waals surface area contributed by atoms with Gasteiger partial charge in [-0.2, -0.15) is 4.31 Å². The van der Waals surface area contributed by atoms with Gasteiger partial charge in [-0.25, -0.2) is 8.42 Å². The van der Waals surface area contributed by atoms with E-state index in [4.69, 9.17) is 11.6 Å². The second-order valence-electron chi connectivity index (χ2n) is 7.02. The van der Waals surface area contributed by atoms with Crippen LogP contribution < -0.4 is 10.2 Å². The van der Waals surface area contributed by atoms with Gasteiger partial charge in [-0.05, 0) is 42.8 Å². The molecule has 0 saturated carbocycles. The summed E-state index contributed by atoms with van der Waals surface area (Å²) in [6.07, 6.45) is 0. The maximum absolute atomic E-state index is 12.9. The van der Waals surface area contributed by atoms with Crippen LogP contribution in [0.3, 0.4) is 0 Å². The highest BCUT2D eigenvalue weighted by molar-refractivity contribution is 8.00.